The van der Waals surface area contributed by atoms with E-state index in [4.69, 9.17) is 4.74 Å². The molecule has 0 saturated heterocycles. The van der Waals surface area contributed by atoms with Gasteiger partial charge in [0, 0.05) is 28.8 Å². The molecular weight excluding hydrogens is 328 g/mol. The molecule has 0 aliphatic carbocycles. The van der Waals surface area contributed by atoms with Crippen molar-refractivity contribution in [2.24, 2.45) is 0 Å². The number of hydrogen-bond donors (Lipinski definition) is 1. The number of benzene rings is 1. The van der Waals surface area contributed by atoms with E-state index in [1.807, 2.05) is 30.3 Å². The molecule has 4 heteroatoms. The molecule has 0 saturated carbocycles. The first-order valence-corrected chi connectivity index (χ1v) is 8.02. The van der Waals surface area contributed by atoms with E-state index in [1.54, 1.807) is 0 Å². The van der Waals surface area contributed by atoms with Crippen molar-refractivity contribution in [2.45, 2.75) is 39.8 Å². The molecule has 3 nitrogen and oxygen atoms in total. The van der Waals surface area contributed by atoms with Gasteiger partial charge in [-0.2, -0.15) is 0 Å². The van der Waals surface area contributed by atoms with Crippen molar-refractivity contribution >= 4 is 15.9 Å². The van der Waals surface area contributed by atoms with Crippen molar-refractivity contribution < 1.29 is 4.74 Å². The molecule has 1 heterocycles. The van der Waals surface area contributed by atoms with Gasteiger partial charge in [0.05, 0.1) is 0 Å². The van der Waals surface area contributed by atoms with Gasteiger partial charge in [-0.3, -0.25) is 0 Å². The molecule has 0 unspecified atom stereocenters. The topological polar surface area (TPSA) is 34.1 Å². The maximum atomic E-state index is 5.86. The van der Waals surface area contributed by atoms with Crippen molar-refractivity contribution in [1.29, 1.82) is 0 Å². The molecule has 2 aromatic rings. The first-order valence-electron chi connectivity index (χ1n) is 7.23. The number of nitrogens with one attached hydrogen (secondary N) is 1. The number of hydrogen-bond acceptors (Lipinski definition) is 3. The third-order valence-electron chi connectivity index (χ3n) is 3.03. The molecule has 21 heavy (non-hydrogen) atoms. The lowest BCUT2D eigenvalue weighted by atomic mass is 10.2. The van der Waals surface area contributed by atoms with Gasteiger partial charge in [-0.15, -0.1) is 0 Å². The smallest absolute Gasteiger partial charge is 0.219 e. The first kappa shape index (κ1) is 16.0. The molecule has 112 valence electrons. The van der Waals surface area contributed by atoms with Crippen LogP contribution in [0.5, 0.6) is 11.6 Å². The number of nitrogens with zero attached hydrogens (tertiary/aromatic N) is 1. The summed E-state index contributed by atoms with van der Waals surface area (Å²) in [4.78, 5) is 4.53. The van der Waals surface area contributed by atoms with E-state index >= 15 is 0 Å². The van der Waals surface area contributed by atoms with Crippen LogP contribution in [0.3, 0.4) is 0 Å². The fourth-order valence-electron chi connectivity index (χ4n) is 1.90. The van der Waals surface area contributed by atoms with Gasteiger partial charge < -0.3 is 10.1 Å². The lowest BCUT2D eigenvalue weighted by Crippen LogP contribution is -2.22. The molecule has 0 radical (unpaired) electrons. The highest BCUT2D eigenvalue weighted by Gasteiger charge is 2.05. The second-order valence-electron chi connectivity index (χ2n) is 5.25. The fourth-order valence-corrected chi connectivity index (χ4v) is 2.17. The zero-order chi connectivity index (χ0) is 15.2. The molecule has 0 atom stereocenters. The summed E-state index contributed by atoms with van der Waals surface area (Å²) in [5.74, 6) is 1.44. The van der Waals surface area contributed by atoms with Crippen LogP contribution < -0.4 is 10.1 Å². The van der Waals surface area contributed by atoms with Crippen LogP contribution >= 0.6 is 15.9 Å². The summed E-state index contributed by atoms with van der Waals surface area (Å²) < 4.78 is 6.90. The SMILES string of the molecule is CCc1cc(CNC(C)C)cc(Oc2ccc(Br)cc2)n1. The maximum Gasteiger partial charge on any atom is 0.219 e. The summed E-state index contributed by atoms with van der Waals surface area (Å²) in [7, 11) is 0. The van der Waals surface area contributed by atoms with Crippen LogP contribution in [0.15, 0.2) is 40.9 Å². The normalized spacial score (nSPS) is 10.9. The summed E-state index contributed by atoms with van der Waals surface area (Å²) in [6, 6.07) is 12.4. The molecule has 0 aliphatic rings. The molecule has 0 bridgehead atoms. The minimum Gasteiger partial charge on any atom is -0.439 e. The van der Waals surface area contributed by atoms with Crippen LogP contribution in [0.25, 0.3) is 0 Å². The van der Waals surface area contributed by atoms with E-state index in [0.29, 0.717) is 11.9 Å². The van der Waals surface area contributed by atoms with Gasteiger partial charge in [-0.05, 0) is 42.3 Å². The second kappa shape index (κ2) is 7.57. The maximum absolute atomic E-state index is 5.86. The summed E-state index contributed by atoms with van der Waals surface area (Å²) in [5, 5.41) is 3.42. The number of pyridine rings is 1. The minimum atomic E-state index is 0.457. The Labute approximate surface area is 134 Å². The Balaban J connectivity index is 2.17. The van der Waals surface area contributed by atoms with Crippen LogP contribution in [0.4, 0.5) is 0 Å². The van der Waals surface area contributed by atoms with E-state index in [0.717, 1.165) is 28.9 Å². The van der Waals surface area contributed by atoms with Gasteiger partial charge in [0.25, 0.3) is 0 Å². The van der Waals surface area contributed by atoms with Gasteiger partial charge in [0.2, 0.25) is 5.88 Å². The summed E-state index contributed by atoms with van der Waals surface area (Å²) in [5.41, 5.74) is 2.24. The number of aryl methyl sites for hydroxylation is 1. The van der Waals surface area contributed by atoms with E-state index in [-0.39, 0.29) is 0 Å². The molecular formula is C17H21BrN2O. The average molecular weight is 349 g/mol. The zero-order valence-corrected chi connectivity index (χ0v) is 14.3. The Morgan fingerprint density at radius 3 is 2.52 bits per heavy atom. The Kier molecular flexibility index (Phi) is 5.76. The van der Waals surface area contributed by atoms with Crippen LogP contribution in [0.1, 0.15) is 32.0 Å². The van der Waals surface area contributed by atoms with Gasteiger partial charge in [0.15, 0.2) is 0 Å². The lowest BCUT2D eigenvalue weighted by molar-refractivity contribution is 0.459. The molecule has 0 amide bonds. The van der Waals surface area contributed by atoms with Crippen LogP contribution in [0, 0.1) is 0 Å². The van der Waals surface area contributed by atoms with Crippen molar-refractivity contribution in [3.8, 4) is 11.6 Å². The molecule has 0 spiro atoms. The molecule has 1 aromatic carbocycles. The van der Waals surface area contributed by atoms with E-state index < -0.39 is 0 Å². The third-order valence-corrected chi connectivity index (χ3v) is 3.56. The van der Waals surface area contributed by atoms with Crippen molar-refractivity contribution in [3.05, 3.63) is 52.1 Å². The highest BCUT2D eigenvalue weighted by Crippen LogP contribution is 2.23. The molecule has 2 rings (SSSR count). The molecule has 0 fully saturated rings. The standard InChI is InChI=1S/C17H21BrN2O/c1-4-15-9-13(11-19-12(2)3)10-17(20-15)21-16-7-5-14(18)6-8-16/h5-10,12,19H,4,11H2,1-3H3. The third kappa shape index (κ3) is 5.14. The number of aromatic nitrogens is 1. The van der Waals surface area contributed by atoms with E-state index in [2.05, 4.69) is 53.1 Å². The first-order chi connectivity index (χ1) is 10.1. The van der Waals surface area contributed by atoms with Gasteiger partial charge >= 0.3 is 0 Å². The molecule has 1 N–H and O–H groups in total. The van der Waals surface area contributed by atoms with Crippen LogP contribution in [0.2, 0.25) is 0 Å². The lowest BCUT2D eigenvalue weighted by Gasteiger charge is -2.12. The summed E-state index contributed by atoms with van der Waals surface area (Å²) in [6.45, 7) is 7.21. The molecule has 0 aliphatic heterocycles. The Bertz CT molecular complexity index is 582. The summed E-state index contributed by atoms with van der Waals surface area (Å²) in [6.07, 6.45) is 0.895. The van der Waals surface area contributed by atoms with Crippen LogP contribution in [-0.2, 0) is 13.0 Å². The predicted octanol–water partition coefficient (Wildman–Crippen LogP) is 4.70. The fraction of sp³-hybridized carbons (Fsp3) is 0.353. The molecule has 1 aromatic heterocycles. The van der Waals surface area contributed by atoms with Crippen LogP contribution in [-0.4, -0.2) is 11.0 Å². The number of ether oxygens (including phenoxy) is 1. The van der Waals surface area contributed by atoms with Gasteiger partial charge in [0.1, 0.15) is 5.75 Å². The number of rotatable bonds is 6. The van der Waals surface area contributed by atoms with Crippen molar-refractivity contribution in [1.82, 2.24) is 10.3 Å². The van der Waals surface area contributed by atoms with E-state index in [1.165, 1.54) is 5.56 Å². The quantitative estimate of drug-likeness (QED) is 0.821. The summed E-state index contributed by atoms with van der Waals surface area (Å²) >= 11 is 3.42. The highest BCUT2D eigenvalue weighted by atomic mass is 79.9. The highest BCUT2D eigenvalue weighted by molar-refractivity contribution is 9.10. The second-order valence-corrected chi connectivity index (χ2v) is 6.17. The zero-order valence-electron chi connectivity index (χ0n) is 12.7. The van der Waals surface area contributed by atoms with E-state index in [9.17, 15) is 0 Å². The minimum absolute atomic E-state index is 0.457. The average Bonchev–Trinajstić information content (AvgIpc) is 2.47. The monoisotopic (exact) mass is 348 g/mol. The Morgan fingerprint density at radius 1 is 1.19 bits per heavy atom. The van der Waals surface area contributed by atoms with Gasteiger partial charge in [-0.25, -0.2) is 4.98 Å². The van der Waals surface area contributed by atoms with Crippen molar-refractivity contribution in [3.63, 3.8) is 0 Å². The number of halogens is 1. The Hall–Kier alpha value is -1.39. The van der Waals surface area contributed by atoms with Gasteiger partial charge in [-0.1, -0.05) is 36.7 Å². The Morgan fingerprint density at radius 2 is 1.90 bits per heavy atom. The largest absolute Gasteiger partial charge is 0.439 e. The predicted molar refractivity (Wildman–Crippen MR) is 89.8 cm³/mol. The van der Waals surface area contributed by atoms with Crippen molar-refractivity contribution in [2.75, 3.05) is 0 Å².